The van der Waals surface area contributed by atoms with Gasteiger partial charge in [-0.25, -0.2) is 0 Å². The topological polar surface area (TPSA) is 81.2 Å². The molecule has 3 heterocycles. The molecule has 3 fully saturated rings. The Balaban J connectivity index is 1.63. The normalized spacial score (nSPS) is 28.4. The number of thioether (sulfide) groups is 1. The van der Waals surface area contributed by atoms with Crippen molar-refractivity contribution in [3.05, 3.63) is 84.4 Å². The summed E-state index contributed by atoms with van der Waals surface area (Å²) in [5, 5.41) is 10.7. The van der Waals surface area contributed by atoms with Crippen LogP contribution in [-0.4, -0.2) is 69.0 Å². The lowest BCUT2D eigenvalue weighted by atomic mass is 9.66. The quantitative estimate of drug-likeness (QED) is 0.373. The van der Waals surface area contributed by atoms with Gasteiger partial charge in [-0.1, -0.05) is 54.1 Å². The van der Waals surface area contributed by atoms with E-state index in [1.807, 2.05) is 49.4 Å². The molecule has 0 aliphatic carbocycles. The second-order valence-electron chi connectivity index (χ2n) is 11.7. The molecule has 3 amide bonds. The predicted octanol–water partition coefficient (Wildman–Crippen LogP) is 5.25. The van der Waals surface area contributed by atoms with Crippen molar-refractivity contribution >= 4 is 52.5 Å². The Hall–Kier alpha value is -3.07. The van der Waals surface area contributed by atoms with Crippen LogP contribution in [0.3, 0.4) is 0 Å². The molecule has 3 aliphatic heterocycles. The van der Waals surface area contributed by atoms with E-state index in [0.717, 1.165) is 11.3 Å². The van der Waals surface area contributed by atoms with Crippen LogP contribution in [0.5, 0.6) is 0 Å². The lowest BCUT2D eigenvalue weighted by Gasteiger charge is -2.39. The molecule has 2 bridgehead atoms. The van der Waals surface area contributed by atoms with E-state index < -0.39 is 33.4 Å². The third-order valence-corrected chi connectivity index (χ3v) is 11.4. The van der Waals surface area contributed by atoms with Gasteiger partial charge in [0.2, 0.25) is 11.8 Å². The molecule has 2 aromatic carbocycles. The van der Waals surface area contributed by atoms with Gasteiger partial charge in [0, 0.05) is 23.5 Å². The van der Waals surface area contributed by atoms with Crippen LogP contribution < -0.4 is 9.80 Å². The van der Waals surface area contributed by atoms with Gasteiger partial charge in [-0.3, -0.25) is 14.4 Å². The molecule has 7 nitrogen and oxygen atoms in total. The van der Waals surface area contributed by atoms with Gasteiger partial charge in [0.1, 0.15) is 6.04 Å². The van der Waals surface area contributed by atoms with E-state index in [1.165, 1.54) is 0 Å². The molecular formula is C33H38ClN3O4S. The minimum Gasteiger partial charge on any atom is -0.394 e. The van der Waals surface area contributed by atoms with Gasteiger partial charge in [-0.15, -0.1) is 24.9 Å². The number of aliphatic hydroxyl groups is 1. The highest BCUT2D eigenvalue weighted by atomic mass is 35.5. The number of amides is 3. The van der Waals surface area contributed by atoms with Crippen molar-refractivity contribution in [2.24, 2.45) is 11.8 Å². The summed E-state index contributed by atoms with van der Waals surface area (Å²) in [6.45, 7) is 13.6. The first-order valence-corrected chi connectivity index (χ1v) is 15.5. The maximum atomic E-state index is 14.8. The smallest absolute Gasteiger partial charge is 0.251 e. The number of halogens is 1. The lowest BCUT2D eigenvalue weighted by Crippen LogP contribution is -2.57. The van der Waals surface area contributed by atoms with Gasteiger partial charge in [-0.2, -0.15) is 0 Å². The number of benzene rings is 2. The third-order valence-electron chi connectivity index (χ3n) is 9.14. The highest BCUT2D eigenvalue weighted by molar-refractivity contribution is 8.02. The van der Waals surface area contributed by atoms with Crippen LogP contribution in [0, 0.1) is 18.8 Å². The Morgan fingerprint density at radius 1 is 1.10 bits per heavy atom. The van der Waals surface area contributed by atoms with Crippen LogP contribution in [0.1, 0.15) is 32.3 Å². The maximum absolute atomic E-state index is 14.8. The van der Waals surface area contributed by atoms with E-state index >= 15 is 0 Å². The Kier molecular flexibility index (Phi) is 8.36. The third kappa shape index (κ3) is 4.59. The molecule has 3 aliphatic rings. The number of aliphatic hydroxyl groups excluding tert-OH is 1. The van der Waals surface area contributed by atoms with Gasteiger partial charge < -0.3 is 19.8 Å². The van der Waals surface area contributed by atoms with Gasteiger partial charge in [-0.05, 0) is 57.4 Å². The van der Waals surface area contributed by atoms with Crippen LogP contribution in [0.2, 0.25) is 5.02 Å². The van der Waals surface area contributed by atoms with Crippen molar-refractivity contribution in [1.29, 1.82) is 0 Å². The number of anilines is 2. The van der Waals surface area contributed by atoms with E-state index in [1.54, 1.807) is 51.6 Å². The second-order valence-corrected chi connectivity index (χ2v) is 14.0. The molecule has 2 unspecified atom stereocenters. The zero-order valence-corrected chi connectivity index (χ0v) is 25.9. The van der Waals surface area contributed by atoms with Crippen LogP contribution in [-0.2, 0) is 14.4 Å². The van der Waals surface area contributed by atoms with Crippen molar-refractivity contribution in [2.45, 2.75) is 55.2 Å². The molecule has 9 heteroatoms. The number of rotatable bonds is 10. The summed E-state index contributed by atoms with van der Waals surface area (Å²) in [6.07, 6.45) is 4.62. The fourth-order valence-corrected chi connectivity index (χ4v) is 10.00. The molecule has 0 saturated carbocycles. The van der Waals surface area contributed by atoms with Crippen molar-refractivity contribution in [3.63, 3.8) is 0 Å². The number of aryl methyl sites for hydroxylation is 1. The molecule has 42 heavy (non-hydrogen) atoms. The van der Waals surface area contributed by atoms with Crippen LogP contribution in [0.15, 0.2) is 73.8 Å². The summed E-state index contributed by atoms with van der Waals surface area (Å²) < 4.78 is -1.37. The minimum absolute atomic E-state index is 0.148. The first kappa shape index (κ1) is 30.4. The average molecular weight is 608 g/mol. The van der Waals surface area contributed by atoms with Gasteiger partial charge in [0.15, 0.2) is 0 Å². The SMILES string of the molecule is C=CCN(C(=O)[C@@H]1[C@H]2C(=O)N([C@H](C)CO)C(C(=O)N(CC=C)c3c(C)cccc3Cl)C23CC[C@@]1(C)S3)c1ccccc1. The van der Waals surface area contributed by atoms with Crippen LogP contribution in [0.25, 0.3) is 0 Å². The number of hydrogen-bond donors (Lipinski definition) is 1. The fraction of sp³-hybridized carbons (Fsp3) is 0.424. The molecule has 0 radical (unpaired) electrons. The van der Waals surface area contributed by atoms with E-state index in [-0.39, 0.29) is 30.9 Å². The van der Waals surface area contributed by atoms with Gasteiger partial charge >= 0.3 is 0 Å². The highest BCUT2D eigenvalue weighted by Crippen LogP contribution is 2.72. The zero-order chi connectivity index (χ0) is 30.4. The Labute approximate surface area is 257 Å². The molecule has 6 atom stereocenters. The summed E-state index contributed by atoms with van der Waals surface area (Å²) in [5.41, 5.74) is 2.13. The monoisotopic (exact) mass is 607 g/mol. The van der Waals surface area contributed by atoms with E-state index in [0.29, 0.717) is 30.1 Å². The molecule has 2 aromatic rings. The Bertz CT molecular complexity index is 1400. The van der Waals surface area contributed by atoms with Crippen LogP contribution >= 0.6 is 23.4 Å². The summed E-state index contributed by atoms with van der Waals surface area (Å²) in [4.78, 5) is 48.7. The second kappa shape index (κ2) is 11.5. The zero-order valence-electron chi connectivity index (χ0n) is 24.3. The first-order valence-electron chi connectivity index (χ1n) is 14.3. The number of carbonyl (C=O) groups excluding carboxylic acids is 3. The summed E-state index contributed by atoms with van der Waals surface area (Å²) in [7, 11) is 0. The van der Waals surface area contributed by atoms with Crippen molar-refractivity contribution in [2.75, 3.05) is 29.5 Å². The van der Waals surface area contributed by atoms with E-state index in [9.17, 15) is 19.5 Å². The predicted molar refractivity (Wildman–Crippen MR) is 170 cm³/mol. The maximum Gasteiger partial charge on any atom is 0.251 e. The van der Waals surface area contributed by atoms with Gasteiger partial charge in [0.25, 0.3) is 5.91 Å². The Morgan fingerprint density at radius 2 is 1.76 bits per heavy atom. The molecule has 1 spiro atoms. The summed E-state index contributed by atoms with van der Waals surface area (Å²) in [6, 6.07) is 13.4. The van der Waals surface area contributed by atoms with Crippen molar-refractivity contribution < 1.29 is 19.5 Å². The standard InChI is InChI=1S/C33H38ClN3O4S/c1-6-18-35(23-13-9-8-10-14-23)29(39)25-26-30(40)37(22(4)20-38)28(33(26)17-16-32(25,5)42-33)31(41)36(19-7-2)27-21(3)12-11-15-24(27)34/h6-15,22,25-26,28,38H,1-2,16-20H2,3-5H3/t22-,25+,26+,28?,32-,33?/m1/s1. The molecule has 0 aromatic heterocycles. The highest BCUT2D eigenvalue weighted by Gasteiger charge is 2.78. The molecule has 3 saturated heterocycles. The lowest BCUT2D eigenvalue weighted by molar-refractivity contribution is -0.142. The average Bonchev–Trinajstić information content (AvgIpc) is 3.55. The minimum atomic E-state index is -0.887. The van der Waals surface area contributed by atoms with Crippen molar-refractivity contribution in [1.82, 2.24) is 4.90 Å². The number of likely N-dealkylation sites (tertiary alicyclic amines) is 1. The largest absolute Gasteiger partial charge is 0.394 e. The molecule has 1 N–H and O–H groups in total. The summed E-state index contributed by atoms with van der Waals surface area (Å²) >= 11 is 8.26. The van der Waals surface area contributed by atoms with E-state index in [2.05, 4.69) is 20.1 Å². The number of nitrogens with zero attached hydrogens (tertiary/aromatic N) is 3. The van der Waals surface area contributed by atoms with Crippen LogP contribution in [0.4, 0.5) is 11.4 Å². The number of hydrogen-bond acceptors (Lipinski definition) is 5. The van der Waals surface area contributed by atoms with E-state index in [4.69, 9.17) is 11.6 Å². The Morgan fingerprint density at radius 3 is 2.38 bits per heavy atom. The fourth-order valence-electron chi connectivity index (χ4n) is 7.34. The number of fused-ring (bicyclic) bond motifs is 1. The first-order chi connectivity index (χ1) is 20.1. The number of para-hydroxylation sites is 2. The molecule has 222 valence electrons. The number of carbonyl (C=O) groups is 3. The summed E-state index contributed by atoms with van der Waals surface area (Å²) in [5.74, 6) is -2.05. The molecule has 5 rings (SSSR count). The molecular weight excluding hydrogens is 570 g/mol. The van der Waals surface area contributed by atoms with Gasteiger partial charge in [0.05, 0.1) is 39.9 Å². The van der Waals surface area contributed by atoms with Crippen molar-refractivity contribution in [3.8, 4) is 0 Å².